The standard InChI is InChI=1S/C29H25N5O2S/c35-28-18-37-27-11-9-22(14-26(27)34(28)17-19-5-2-1-3-6-19)32-29(36)33-25-16-31-24-10-8-20(13-23(24)25)21-7-4-12-30-15-21/h1-12,14-16,23,31H,13,17-18H2,(H2,32,33,36). The summed E-state index contributed by atoms with van der Waals surface area (Å²) in [4.78, 5) is 32.8. The number of amides is 3. The van der Waals surface area contributed by atoms with E-state index in [2.05, 4.69) is 33.1 Å². The molecule has 2 aliphatic heterocycles. The summed E-state index contributed by atoms with van der Waals surface area (Å²) in [6.07, 6.45) is 10.4. The molecule has 37 heavy (non-hydrogen) atoms. The second-order valence-corrected chi connectivity index (χ2v) is 10.1. The number of hydrogen-bond acceptors (Lipinski definition) is 5. The number of thioether (sulfide) groups is 1. The van der Waals surface area contributed by atoms with Gasteiger partial charge in [-0.25, -0.2) is 4.79 Å². The van der Waals surface area contributed by atoms with Gasteiger partial charge in [0, 0.05) is 46.5 Å². The molecular weight excluding hydrogens is 482 g/mol. The lowest BCUT2D eigenvalue weighted by Gasteiger charge is -2.29. The van der Waals surface area contributed by atoms with Crippen LogP contribution in [0.1, 0.15) is 17.5 Å². The fourth-order valence-electron chi connectivity index (χ4n) is 4.79. The molecule has 0 fully saturated rings. The molecule has 0 saturated carbocycles. The zero-order chi connectivity index (χ0) is 25.2. The molecule has 3 aliphatic rings. The van der Waals surface area contributed by atoms with Gasteiger partial charge in [-0.2, -0.15) is 0 Å². The Morgan fingerprint density at radius 1 is 1.08 bits per heavy atom. The van der Waals surface area contributed by atoms with E-state index in [0.717, 1.165) is 39.5 Å². The summed E-state index contributed by atoms with van der Waals surface area (Å²) >= 11 is 1.52. The highest BCUT2D eigenvalue weighted by Crippen LogP contribution is 2.39. The highest BCUT2D eigenvalue weighted by atomic mass is 32.2. The first kappa shape index (κ1) is 23.1. The van der Waals surface area contributed by atoms with Crippen molar-refractivity contribution in [1.82, 2.24) is 15.6 Å². The molecule has 1 atom stereocenters. The van der Waals surface area contributed by atoms with E-state index in [0.29, 0.717) is 18.0 Å². The number of hydrogen-bond donors (Lipinski definition) is 3. The Morgan fingerprint density at radius 3 is 2.81 bits per heavy atom. The van der Waals surface area contributed by atoms with Crippen LogP contribution in [0.2, 0.25) is 0 Å². The second-order valence-electron chi connectivity index (χ2n) is 9.07. The highest BCUT2D eigenvalue weighted by Gasteiger charge is 2.29. The largest absolute Gasteiger partial charge is 0.363 e. The van der Waals surface area contributed by atoms with Crippen molar-refractivity contribution in [2.24, 2.45) is 5.92 Å². The lowest BCUT2D eigenvalue weighted by atomic mass is 9.87. The summed E-state index contributed by atoms with van der Waals surface area (Å²) in [5.74, 6) is 0.505. The van der Waals surface area contributed by atoms with Crippen LogP contribution in [0.5, 0.6) is 0 Å². The monoisotopic (exact) mass is 507 g/mol. The van der Waals surface area contributed by atoms with Gasteiger partial charge in [0.15, 0.2) is 0 Å². The minimum absolute atomic E-state index is 0.0462. The minimum Gasteiger partial charge on any atom is -0.363 e. The van der Waals surface area contributed by atoms with E-state index in [4.69, 9.17) is 0 Å². The van der Waals surface area contributed by atoms with Crippen LogP contribution in [0, 0.1) is 5.92 Å². The lowest BCUT2D eigenvalue weighted by Crippen LogP contribution is -2.35. The number of aromatic nitrogens is 1. The number of allylic oxidation sites excluding steroid dienone is 3. The van der Waals surface area contributed by atoms with Crippen molar-refractivity contribution in [3.8, 4) is 0 Å². The summed E-state index contributed by atoms with van der Waals surface area (Å²) in [5.41, 5.74) is 6.63. The van der Waals surface area contributed by atoms with Crippen molar-refractivity contribution in [2.75, 3.05) is 16.0 Å². The molecule has 1 unspecified atom stereocenters. The maximum atomic E-state index is 13.0. The predicted molar refractivity (Wildman–Crippen MR) is 147 cm³/mol. The Kier molecular flexibility index (Phi) is 6.24. The first-order chi connectivity index (χ1) is 18.1. The summed E-state index contributed by atoms with van der Waals surface area (Å²) < 4.78 is 0. The molecule has 0 saturated heterocycles. The fraction of sp³-hybridized carbons (Fsp3) is 0.138. The Bertz CT molecular complexity index is 1450. The molecule has 6 rings (SSSR count). The first-order valence-corrected chi connectivity index (χ1v) is 13.1. The zero-order valence-electron chi connectivity index (χ0n) is 20.0. The summed E-state index contributed by atoms with van der Waals surface area (Å²) in [5, 5.41) is 9.24. The molecule has 3 aromatic rings. The Labute approximate surface area is 219 Å². The molecule has 3 heterocycles. The molecule has 1 aromatic heterocycles. The van der Waals surface area contributed by atoms with Crippen LogP contribution in [-0.4, -0.2) is 22.7 Å². The van der Waals surface area contributed by atoms with E-state index >= 15 is 0 Å². The van der Waals surface area contributed by atoms with E-state index in [1.165, 1.54) is 17.3 Å². The summed E-state index contributed by atoms with van der Waals surface area (Å²) in [6, 6.07) is 19.3. The van der Waals surface area contributed by atoms with Crippen molar-refractivity contribution >= 4 is 40.6 Å². The first-order valence-electron chi connectivity index (χ1n) is 12.1. The number of anilines is 2. The van der Waals surface area contributed by atoms with Crippen molar-refractivity contribution in [3.63, 3.8) is 0 Å². The molecule has 3 amide bonds. The lowest BCUT2D eigenvalue weighted by molar-refractivity contribution is -0.116. The van der Waals surface area contributed by atoms with Gasteiger partial charge in [0.2, 0.25) is 5.91 Å². The molecule has 8 heteroatoms. The van der Waals surface area contributed by atoms with Crippen molar-refractivity contribution in [3.05, 3.63) is 114 Å². The third kappa shape index (κ3) is 4.88. The predicted octanol–water partition coefficient (Wildman–Crippen LogP) is 5.27. The number of nitrogens with zero attached hydrogens (tertiary/aromatic N) is 2. The van der Waals surface area contributed by atoms with E-state index in [1.54, 1.807) is 11.1 Å². The van der Waals surface area contributed by atoms with Crippen LogP contribution in [-0.2, 0) is 11.3 Å². The van der Waals surface area contributed by atoms with Crippen LogP contribution in [0.3, 0.4) is 0 Å². The maximum absolute atomic E-state index is 13.0. The average Bonchev–Trinajstić information content (AvgIpc) is 3.33. The zero-order valence-corrected chi connectivity index (χ0v) is 20.8. The van der Waals surface area contributed by atoms with E-state index in [1.807, 2.05) is 73.1 Å². The van der Waals surface area contributed by atoms with Gasteiger partial charge in [-0.3, -0.25) is 9.78 Å². The van der Waals surface area contributed by atoms with Crippen molar-refractivity contribution in [1.29, 1.82) is 0 Å². The minimum atomic E-state index is -0.323. The smallest absolute Gasteiger partial charge is 0.323 e. The van der Waals surface area contributed by atoms with Crippen LogP contribution in [0.4, 0.5) is 16.2 Å². The van der Waals surface area contributed by atoms with E-state index in [-0.39, 0.29) is 17.9 Å². The topological polar surface area (TPSA) is 86.4 Å². The number of nitrogens with one attached hydrogen (secondary N) is 3. The van der Waals surface area contributed by atoms with Crippen molar-refractivity contribution < 1.29 is 9.59 Å². The summed E-state index contributed by atoms with van der Waals surface area (Å²) in [7, 11) is 0. The molecule has 0 bridgehead atoms. The van der Waals surface area contributed by atoms with Crippen LogP contribution < -0.4 is 20.9 Å². The summed E-state index contributed by atoms with van der Waals surface area (Å²) in [6.45, 7) is 0.491. The number of rotatable bonds is 5. The number of fused-ring (bicyclic) bond motifs is 2. The average molecular weight is 508 g/mol. The molecular formula is C29H25N5O2S. The third-order valence-corrected chi connectivity index (χ3v) is 7.71. The number of carbonyl (C=O) groups excluding carboxylic acids is 2. The van der Waals surface area contributed by atoms with E-state index in [9.17, 15) is 9.59 Å². The maximum Gasteiger partial charge on any atom is 0.323 e. The van der Waals surface area contributed by atoms with Crippen molar-refractivity contribution in [2.45, 2.75) is 17.9 Å². The Balaban J connectivity index is 1.15. The molecule has 7 nitrogen and oxygen atoms in total. The van der Waals surface area contributed by atoms with Gasteiger partial charge in [-0.1, -0.05) is 42.5 Å². The molecule has 1 aliphatic carbocycles. The molecule has 0 radical (unpaired) electrons. The molecule has 2 aromatic carbocycles. The quantitative estimate of drug-likeness (QED) is 0.438. The van der Waals surface area contributed by atoms with Gasteiger partial charge in [0.05, 0.1) is 18.0 Å². The van der Waals surface area contributed by atoms with Gasteiger partial charge in [-0.15, -0.1) is 11.8 Å². The normalized spacial score (nSPS) is 18.1. The third-order valence-electron chi connectivity index (χ3n) is 6.67. The number of benzene rings is 2. The highest BCUT2D eigenvalue weighted by molar-refractivity contribution is 8.00. The molecule has 184 valence electrons. The molecule has 0 spiro atoms. The number of urea groups is 1. The molecule has 3 N–H and O–H groups in total. The Morgan fingerprint density at radius 2 is 1.97 bits per heavy atom. The Hall–Kier alpha value is -4.30. The van der Waals surface area contributed by atoms with Crippen LogP contribution in [0.25, 0.3) is 5.57 Å². The van der Waals surface area contributed by atoms with Crippen LogP contribution in [0.15, 0.2) is 108 Å². The fourth-order valence-corrected chi connectivity index (χ4v) is 5.71. The van der Waals surface area contributed by atoms with Gasteiger partial charge in [0.1, 0.15) is 0 Å². The van der Waals surface area contributed by atoms with Crippen LogP contribution >= 0.6 is 11.8 Å². The van der Waals surface area contributed by atoms with Gasteiger partial charge in [0.25, 0.3) is 0 Å². The van der Waals surface area contributed by atoms with E-state index < -0.39 is 0 Å². The van der Waals surface area contributed by atoms with Gasteiger partial charge in [-0.05, 0) is 53.5 Å². The number of carbonyl (C=O) groups is 2. The number of pyridine rings is 1. The SMILES string of the molecule is O=C(NC1=CNC2=CC=C(c3cccnc3)CC21)Nc1ccc2c(c1)N(Cc1ccccc1)C(=O)CS2. The van der Waals surface area contributed by atoms with Gasteiger partial charge >= 0.3 is 6.03 Å². The second kappa shape index (κ2) is 9.99. The van der Waals surface area contributed by atoms with Gasteiger partial charge < -0.3 is 20.9 Å².